The predicted molar refractivity (Wildman–Crippen MR) is 93.1 cm³/mol. The first-order valence-electron chi connectivity index (χ1n) is 9.26. The lowest BCUT2D eigenvalue weighted by Gasteiger charge is -2.29. The van der Waals surface area contributed by atoms with Crippen LogP contribution < -0.4 is 0 Å². The molecule has 1 aromatic rings. The Morgan fingerprint density at radius 1 is 1.17 bits per heavy atom. The van der Waals surface area contributed by atoms with Crippen molar-refractivity contribution in [3.05, 3.63) is 35.1 Å². The van der Waals surface area contributed by atoms with Crippen molar-refractivity contribution in [1.29, 1.82) is 0 Å². The highest BCUT2D eigenvalue weighted by molar-refractivity contribution is 5.87. The number of carboxylic acids is 1. The zero-order chi connectivity index (χ0) is 17.4. The van der Waals surface area contributed by atoms with E-state index >= 15 is 0 Å². The van der Waals surface area contributed by atoms with Gasteiger partial charge in [-0.2, -0.15) is 0 Å². The fraction of sp³-hybridized carbons (Fsp3) is 0.650. The summed E-state index contributed by atoms with van der Waals surface area (Å²) < 4.78 is 19.8. The third-order valence-corrected chi connectivity index (χ3v) is 4.97. The highest BCUT2D eigenvalue weighted by atomic mass is 19.1. The molecule has 1 N–H and O–H groups in total. The molecule has 24 heavy (non-hydrogen) atoms. The molecule has 1 aliphatic rings. The topological polar surface area (TPSA) is 46.5 Å². The zero-order valence-electron chi connectivity index (χ0n) is 14.6. The number of ether oxygens (including phenoxy) is 1. The van der Waals surface area contributed by atoms with Gasteiger partial charge in [0.1, 0.15) is 5.82 Å². The fourth-order valence-corrected chi connectivity index (χ4v) is 3.48. The number of benzene rings is 1. The molecule has 0 atom stereocenters. The second-order valence-corrected chi connectivity index (χ2v) is 6.80. The van der Waals surface area contributed by atoms with E-state index in [0.717, 1.165) is 44.3 Å². The van der Waals surface area contributed by atoms with Crippen molar-refractivity contribution in [1.82, 2.24) is 0 Å². The number of halogens is 1. The molecule has 1 aromatic carbocycles. The number of carboxylic acid groups (broad SMARTS) is 1. The van der Waals surface area contributed by atoms with E-state index in [-0.39, 0.29) is 5.56 Å². The third kappa shape index (κ3) is 5.59. The maximum absolute atomic E-state index is 13.8. The van der Waals surface area contributed by atoms with E-state index < -0.39 is 11.8 Å². The van der Waals surface area contributed by atoms with Crippen molar-refractivity contribution >= 4 is 5.97 Å². The van der Waals surface area contributed by atoms with Crippen LogP contribution in [0.4, 0.5) is 4.39 Å². The Kier molecular flexibility index (Phi) is 7.70. The molecule has 0 heterocycles. The SMILES string of the molecule is CCCCCCCOC1CCC(c2ccc(C(=O)O)c(F)c2)CC1. The Morgan fingerprint density at radius 2 is 1.88 bits per heavy atom. The smallest absolute Gasteiger partial charge is 0.338 e. The van der Waals surface area contributed by atoms with E-state index in [1.54, 1.807) is 6.07 Å². The first kappa shape index (κ1) is 18.9. The Hall–Kier alpha value is -1.42. The van der Waals surface area contributed by atoms with Gasteiger partial charge in [0, 0.05) is 6.61 Å². The predicted octanol–water partition coefficient (Wildman–Crippen LogP) is 5.54. The second kappa shape index (κ2) is 9.77. The van der Waals surface area contributed by atoms with Gasteiger partial charge in [-0.3, -0.25) is 0 Å². The molecule has 1 aliphatic carbocycles. The molecule has 0 amide bonds. The number of carbonyl (C=O) groups is 1. The summed E-state index contributed by atoms with van der Waals surface area (Å²) in [7, 11) is 0. The first-order valence-corrected chi connectivity index (χ1v) is 9.26. The van der Waals surface area contributed by atoms with Crippen LogP contribution in [-0.2, 0) is 4.74 Å². The number of unbranched alkanes of at least 4 members (excludes halogenated alkanes) is 4. The minimum absolute atomic E-state index is 0.251. The second-order valence-electron chi connectivity index (χ2n) is 6.80. The quantitative estimate of drug-likeness (QED) is 0.602. The molecule has 134 valence electrons. The molecule has 1 fully saturated rings. The summed E-state index contributed by atoms with van der Waals surface area (Å²) in [6.07, 6.45) is 10.5. The Morgan fingerprint density at radius 3 is 2.50 bits per heavy atom. The first-order chi connectivity index (χ1) is 11.6. The van der Waals surface area contributed by atoms with Gasteiger partial charge in [-0.1, -0.05) is 38.7 Å². The van der Waals surface area contributed by atoms with Crippen LogP contribution >= 0.6 is 0 Å². The van der Waals surface area contributed by atoms with Crippen LogP contribution in [0.3, 0.4) is 0 Å². The van der Waals surface area contributed by atoms with Gasteiger partial charge in [-0.25, -0.2) is 9.18 Å². The van der Waals surface area contributed by atoms with Crippen molar-refractivity contribution in [3.63, 3.8) is 0 Å². The van der Waals surface area contributed by atoms with E-state index in [1.807, 2.05) is 0 Å². The Balaban J connectivity index is 1.72. The maximum Gasteiger partial charge on any atom is 0.338 e. The minimum Gasteiger partial charge on any atom is -0.478 e. The monoisotopic (exact) mass is 336 g/mol. The Bertz CT molecular complexity index is 522. The molecule has 0 aromatic heterocycles. The highest BCUT2D eigenvalue weighted by Gasteiger charge is 2.24. The van der Waals surface area contributed by atoms with Crippen molar-refractivity contribution in [2.75, 3.05) is 6.61 Å². The summed E-state index contributed by atoms with van der Waals surface area (Å²) in [6.45, 7) is 3.07. The van der Waals surface area contributed by atoms with Crippen LogP contribution in [0.1, 0.15) is 86.6 Å². The molecule has 0 radical (unpaired) electrons. The summed E-state index contributed by atoms with van der Waals surface area (Å²) in [4.78, 5) is 10.9. The molecule has 3 nitrogen and oxygen atoms in total. The molecule has 0 saturated heterocycles. The molecule has 0 unspecified atom stereocenters. The fourth-order valence-electron chi connectivity index (χ4n) is 3.48. The molecule has 0 bridgehead atoms. The third-order valence-electron chi connectivity index (χ3n) is 4.97. The molecule has 1 saturated carbocycles. The van der Waals surface area contributed by atoms with Crippen molar-refractivity contribution < 1.29 is 19.0 Å². The van der Waals surface area contributed by atoms with Crippen LogP contribution in [0.15, 0.2) is 18.2 Å². The molecule has 0 spiro atoms. The molecule has 4 heteroatoms. The molecule has 0 aliphatic heterocycles. The summed E-state index contributed by atoms with van der Waals surface area (Å²) >= 11 is 0. The van der Waals surface area contributed by atoms with Gasteiger partial charge in [0.05, 0.1) is 11.7 Å². The average molecular weight is 336 g/mol. The van der Waals surface area contributed by atoms with Gasteiger partial charge in [0.25, 0.3) is 0 Å². The maximum atomic E-state index is 13.8. The van der Waals surface area contributed by atoms with Gasteiger partial charge in [0.2, 0.25) is 0 Å². The minimum atomic E-state index is -1.21. The van der Waals surface area contributed by atoms with Crippen LogP contribution in [0.5, 0.6) is 0 Å². The van der Waals surface area contributed by atoms with Gasteiger partial charge >= 0.3 is 5.97 Å². The Labute approximate surface area is 144 Å². The normalized spacial score (nSPS) is 20.9. The van der Waals surface area contributed by atoms with Crippen LogP contribution in [-0.4, -0.2) is 23.8 Å². The average Bonchev–Trinajstić information content (AvgIpc) is 2.58. The standard InChI is InChI=1S/C20H29FO3/c1-2-3-4-5-6-13-24-17-10-7-15(8-11-17)16-9-12-18(20(22)23)19(21)14-16/h9,12,14-15,17H,2-8,10-11,13H2,1H3,(H,22,23). The van der Waals surface area contributed by atoms with E-state index in [1.165, 1.54) is 37.8 Å². The van der Waals surface area contributed by atoms with E-state index in [0.29, 0.717) is 12.0 Å². The lowest BCUT2D eigenvalue weighted by molar-refractivity contribution is 0.0226. The number of aromatic carboxylic acids is 1. The van der Waals surface area contributed by atoms with Gasteiger partial charge < -0.3 is 9.84 Å². The van der Waals surface area contributed by atoms with Crippen LogP contribution in [0.2, 0.25) is 0 Å². The summed E-state index contributed by atoms with van der Waals surface area (Å²) in [5.41, 5.74) is 0.661. The van der Waals surface area contributed by atoms with Gasteiger partial charge in [0.15, 0.2) is 0 Å². The van der Waals surface area contributed by atoms with E-state index in [9.17, 15) is 9.18 Å². The van der Waals surface area contributed by atoms with Crippen molar-refractivity contribution in [2.45, 2.75) is 76.7 Å². The summed E-state index contributed by atoms with van der Waals surface area (Å²) in [5.74, 6) is -1.53. The largest absolute Gasteiger partial charge is 0.478 e. The van der Waals surface area contributed by atoms with Crippen LogP contribution in [0, 0.1) is 5.82 Å². The van der Waals surface area contributed by atoms with Crippen molar-refractivity contribution in [2.24, 2.45) is 0 Å². The zero-order valence-corrected chi connectivity index (χ0v) is 14.6. The number of rotatable bonds is 9. The van der Waals surface area contributed by atoms with Crippen molar-refractivity contribution in [3.8, 4) is 0 Å². The number of hydrogen-bond acceptors (Lipinski definition) is 2. The lowest BCUT2D eigenvalue weighted by Crippen LogP contribution is -2.21. The van der Waals surface area contributed by atoms with Gasteiger partial charge in [-0.05, 0) is 55.7 Å². The molecular weight excluding hydrogens is 307 g/mol. The number of hydrogen-bond donors (Lipinski definition) is 1. The molecule has 2 rings (SSSR count). The lowest BCUT2D eigenvalue weighted by atomic mass is 9.82. The van der Waals surface area contributed by atoms with Crippen LogP contribution in [0.25, 0.3) is 0 Å². The summed E-state index contributed by atoms with van der Waals surface area (Å²) in [6, 6.07) is 4.53. The van der Waals surface area contributed by atoms with Gasteiger partial charge in [-0.15, -0.1) is 0 Å². The van der Waals surface area contributed by atoms with E-state index in [2.05, 4.69) is 6.92 Å². The highest BCUT2D eigenvalue weighted by Crippen LogP contribution is 2.34. The summed E-state index contributed by atoms with van der Waals surface area (Å²) in [5, 5.41) is 8.90. The molecular formula is C20H29FO3. The van der Waals surface area contributed by atoms with E-state index in [4.69, 9.17) is 9.84 Å².